The molecule has 0 amide bonds. The first-order valence-corrected chi connectivity index (χ1v) is 5.55. The summed E-state index contributed by atoms with van der Waals surface area (Å²) in [4.78, 5) is 2.07. The van der Waals surface area contributed by atoms with Crippen LogP contribution in [0.2, 0.25) is 0 Å². The summed E-state index contributed by atoms with van der Waals surface area (Å²) in [6.45, 7) is 0. The number of nitrogen functional groups attached to an aromatic ring is 1. The fourth-order valence-electron chi connectivity index (χ4n) is 1.63. The number of nitrogens with one attached hydrogen (secondary N) is 1. The van der Waals surface area contributed by atoms with Crippen molar-refractivity contribution in [1.29, 1.82) is 0 Å². The number of nitrogens with two attached hydrogens (primary N) is 1. The fourth-order valence-corrected chi connectivity index (χ4v) is 1.63. The van der Waals surface area contributed by atoms with E-state index in [1.165, 1.54) is 5.69 Å². The van der Waals surface area contributed by atoms with E-state index in [1.807, 2.05) is 38.4 Å². The largest absolute Gasteiger partial charge is 0.399 e. The molecule has 88 valence electrons. The maximum Gasteiger partial charge on any atom is 0.0404 e. The second-order valence-corrected chi connectivity index (χ2v) is 4.19. The summed E-state index contributed by atoms with van der Waals surface area (Å²) in [6, 6.07) is 16.0. The van der Waals surface area contributed by atoms with Gasteiger partial charge in [0.05, 0.1) is 0 Å². The second-order valence-electron chi connectivity index (χ2n) is 4.19. The quantitative estimate of drug-likeness (QED) is 0.792. The number of anilines is 4. The molecule has 0 aliphatic carbocycles. The Morgan fingerprint density at radius 1 is 0.941 bits per heavy atom. The minimum Gasteiger partial charge on any atom is -0.399 e. The zero-order valence-corrected chi connectivity index (χ0v) is 10.1. The van der Waals surface area contributed by atoms with Crippen LogP contribution in [-0.2, 0) is 0 Å². The van der Waals surface area contributed by atoms with Crippen molar-refractivity contribution in [3.05, 3.63) is 48.5 Å². The molecule has 0 aliphatic heterocycles. The minimum absolute atomic E-state index is 0.764. The molecule has 3 nitrogen and oxygen atoms in total. The van der Waals surface area contributed by atoms with Gasteiger partial charge in [0, 0.05) is 36.8 Å². The van der Waals surface area contributed by atoms with Gasteiger partial charge in [0.25, 0.3) is 0 Å². The molecule has 0 heterocycles. The van der Waals surface area contributed by atoms with Crippen LogP contribution in [0, 0.1) is 0 Å². The molecule has 0 radical (unpaired) electrons. The predicted molar refractivity (Wildman–Crippen MR) is 74.9 cm³/mol. The summed E-state index contributed by atoms with van der Waals surface area (Å²) >= 11 is 0. The van der Waals surface area contributed by atoms with Gasteiger partial charge >= 0.3 is 0 Å². The molecule has 2 aromatic carbocycles. The molecule has 2 aromatic rings. The molecule has 3 N–H and O–H groups in total. The van der Waals surface area contributed by atoms with Gasteiger partial charge in [-0.3, -0.25) is 0 Å². The van der Waals surface area contributed by atoms with Crippen molar-refractivity contribution in [2.45, 2.75) is 0 Å². The Bertz CT molecular complexity index is 489. The van der Waals surface area contributed by atoms with Crippen molar-refractivity contribution in [3.63, 3.8) is 0 Å². The molecule has 0 bridgehead atoms. The van der Waals surface area contributed by atoms with Crippen molar-refractivity contribution in [2.24, 2.45) is 0 Å². The third-order valence-corrected chi connectivity index (χ3v) is 2.56. The Labute approximate surface area is 102 Å². The highest BCUT2D eigenvalue weighted by molar-refractivity contribution is 5.65. The maximum atomic E-state index is 5.73. The third kappa shape index (κ3) is 2.91. The summed E-state index contributed by atoms with van der Waals surface area (Å²) in [6.07, 6.45) is 0. The van der Waals surface area contributed by atoms with Crippen molar-refractivity contribution in [3.8, 4) is 0 Å². The molecule has 0 unspecified atom stereocenters. The van der Waals surface area contributed by atoms with Gasteiger partial charge in [-0.05, 0) is 42.5 Å². The van der Waals surface area contributed by atoms with Crippen LogP contribution in [0.15, 0.2) is 48.5 Å². The molecule has 0 fully saturated rings. The van der Waals surface area contributed by atoms with E-state index in [0.29, 0.717) is 0 Å². The van der Waals surface area contributed by atoms with Crippen LogP contribution in [0.1, 0.15) is 0 Å². The highest BCUT2D eigenvalue weighted by atomic mass is 15.1. The topological polar surface area (TPSA) is 41.3 Å². The smallest absolute Gasteiger partial charge is 0.0404 e. The number of hydrogen-bond donors (Lipinski definition) is 2. The molecular formula is C14H17N3. The zero-order valence-electron chi connectivity index (χ0n) is 10.1. The predicted octanol–water partition coefficient (Wildman–Crippen LogP) is 3.08. The monoisotopic (exact) mass is 227 g/mol. The zero-order chi connectivity index (χ0) is 12.3. The normalized spacial score (nSPS) is 10.0. The lowest BCUT2D eigenvalue weighted by molar-refractivity contribution is 1.13. The average molecular weight is 227 g/mol. The Kier molecular flexibility index (Phi) is 3.19. The summed E-state index contributed by atoms with van der Waals surface area (Å²) in [5.74, 6) is 0. The molecule has 0 spiro atoms. The highest BCUT2D eigenvalue weighted by Gasteiger charge is 1.97. The molecule has 17 heavy (non-hydrogen) atoms. The lowest BCUT2D eigenvalue weighted by atomic mass is 10.2. The number of rotatable bonds is 3. The number of nitrogens with zero attached hydrogens (tertiary/aromatic N) is 1. The van der Waals surface area contributed by atoms with E-state index in [4.69, 9.17) is 5.73 Å². The SMILES string of the molecule is CN(C)c1ccc(Nc2cccc(N)c2)cc1. The molecule has 0 saturated carbocycles. The lowest BCUT2D eigenvalue weighted by Gasteiger charge is -2.13. The van der Waals surface area contributed by atoms with Gasteiger partial charge in [-0.25, -0.2) is 0 Å². The third-order valence-electron chi connectivity index (χ3n) is 2.56. The van der Waals surface area contributed by atoms with Crippen LogP contribution in [0.25, 0.3) is 0 Å². The number of benzene rings is 2. The van der Waals surface area contributed by atoms with Gasteiger partial charge in [-0.2, -0.15) is 0 Å². The summed E-state index contributed by atoms with van der Waals surface area (Å²) in [7, 11) is 4.06. The van der Waals surface area contributed by atoms with Crippen molar-refractivity contribution in [1.82, 2.24) is 0 Å². The Hall–Kier alpha value is -2.16. The molecule has 0 atom stereocenters. The van der Waals surface area contributed by atoms with E-state index in [0.717, 1.165) is 17.1 Å². The van der Waals surface area contributed by atoms with Crippen LogP contribution < -0.4 is 16.0 Å². The van der Waals surface area contributed by atoms with Crippen LogP contribution >= 0.6 is 0 Å². The first-order valence-electron chi connectivity index (χ1n) is 5.55. The van der Waals surface area contributed by atoms with Gasteiger partial charge < -0.3 is 16.0 Å². The van der Waals surface area contributed by atoms with Crippen LogP contribution in [-0.4, -0.2) is 14.1 Å². The van der Waals surface area contributed by atoms with Crippen LogP contribution in [0.4, 0.5) is 22.7 Å². The van der Waals surface area contributed by atoms with Gasteiger partial charge in [-0.1, -0.05) is 6.07 Å². The number of hydrogen-bond acceptors (Lipinski definition) is 3. The first-order chi connectivity index (χ1) is 8.15. The van der Waals surface area contributed by atoms with Crippen LogP contribution in [0.5, 0.6) is 0 Å². The molecule has 0 saturated heterocycles. The van der Waals surface area contributed by atoms with Gasteiger partial charge in [0.15, 0.2) is 0 Å². The van der Waals surface area contributed by atoms with E-state index in [9.17, 15) is 0 Å². The van der Waals surface area contributed by atoms with Gasteiger partial charge in [0.1, 0.15) is 0 Å². The maximum absolute atomic E-state index is 5.73. The van der Waals surface area contributed by atoms with Crippen LogP contribution in [0.3, 0.4) is 0 Å². The van der Waals surface area contributed by atoms with E-state index >= 15 is 0 Å². The minimum atomic E-state index is 0.764. The standard InChI is InChI=1S/C14H17N3/c1-17(2)14-8-6-12(7-9-14)16-13-5-3-4-11(15)10-13/h3-10,16H,15H2,1-2H3. The second kappa shape index (κ2) is 4.78. The summed E-state index contributed by atoms with van der Waals surface area (Å²) in [5.41, 5.74) is 9.74. The van der Waals surface area contributed by atoms with Gasteiger partial charge in [-0.15, -0.1) is 0 Å². The van der Waals surface area contributed by atoms with Gasteiger partial charge in [0.2, 0.25) is 0 Å². The highest BCUT2D eigenvalue weighted by Crippen LogP contribution is 2.21. The van der Waals surface area contributed by atoms with E-state index in [-0.39, 0.29) is 0 Å². The molecular weight excluding hydrogens is 210 g/mol. The van der Waals surface area contributed by atoms with Crippen molar-refractivity contribution >= 4 is 22.7 Å². The average Bonchev–Trinajstić information content (AvgIpc) is 2.29. The molecule has 2 rings (SSSR count). The van der Waals surface area contributed by atoms with Crippen molar-refractivity contribution in [2.75, 3.05) is 30.0 Å². The summed E-state index contributed by atoms with van der Waals surface area (Å²) < 4.78 is 0. The molecule has 0 aromatic heterocycles. The Balaban J connectivity index is 2.14. The van der Waals surface area contributed by atoms with E-state index in [1.54, 1.807) is 0 Å². The fraction of sp³-hybridized carbons (Fsp3) is 0.143. The van der Waals surface area contributed by atoms with Crippen molar-refractivity contribution < 1.29 is 0 Å². The summed E-state index contributed by atoms with van der Waals surface area (Å²) in [5, 5.41) is 3.31. The van der Waals surface area contributed by atoms with E-state index < -0.39 is 0 Å². The lowest BCUT2D eigenvalue weighted by Crippen LogP contribution is -2.08. The Morgan fingerprint density at radius 3 is 2.24 bits per heavy atom. The molecule has 3 heteroatoms. The molecule has 0 aliphatic rings. The Morgan fingerprint density at radius 2 is 1.65 bits per heavy atom. The van der Waals surface area contributed by atoms with E-state index in [2.05, 4.69) is 34.5 Å². The first kappa shape index (κ1) is 11.3.